The molecule has 0 N–H and O–H groups in total. The zero-order valence-corrected chi connectivity index (χ0v) is 25.5. The third kappa shape index (κ3) is 11.1. The summed E-state index contributed by atoms with van der Waals surface area (Å²) in [6, 6.07) is 17.7. The lowest BCUT2D eigenvalue weighted by atomic mass is 9.98. The monoisotopic (exact) mass is 638 g/mol. The first kappa shape index (κ1) is 34.8. The average molecular weight is 639 g/mol. The quantitative estimate of drug-likeness (QED) is 0.158. The molecule has 1 heterocycles. The molecule has 1 aliphatic heterocycles. The second-order valence-electron chi connectivity index (χ2n) is 9.41. The number of methoxy groups -OCH3 is 1. The van der Waals surface area contributed by atoms with Crippen molar-refractivity contribution >= 4 is 31.7 Å². The van der Waals surface area contributed by atoms with Crippen LogP contribution in [0.2, 0.25) is 0 Å². The summed E-state index contributed by atoms with van der Waals surface area (Å²) in [5.74, 6) is -3.23. The number of esters is 4. The van der Waals surface area contributed by atoms with Gasteiger partial charge < -0.3 is 28.4 Å². The van der Waals surface area contributed by atoms with Gasteiger partial charge in [-0.3, -0.25) is 28.0 Å². The van der Waals surface area contributed by atoms with Crippen LogP contribution in [0.1, 0.15) is 31.9 Å². The summed E-state index contributed by atoms with van der Waals surface area (Å²) in [6.45, 7) is 1.74. The highest BCUT2D eigenvalue weighted by Gasteiger charge is 2.53. The molecule has 0 radical (unpaired) electrons. The predicted molar refractivity (Wildman–Crippen MR) is 149 cm³/mol. The van der Waals surface area contributed by atoms with Gasteiger partial charge in [-0.2, -0.15) is 0 Å². The van der Waals surface area contributed by atoms with Crippen LogP contribution in [0.25, 0.3) is 0 Å². The van der Waals surface area contributed by atoms with Crippen LogP contribution < -0.4 is 0 Å². The van der Waals surface area contributed by atoms with Gasteiger partial charge in [0.25, 0.3) is 0 Å². The molecule has 2 aromatic rings. The van der Waals surface area contributed by atoms with Crippen LogP contribution in [0.15, 0.2) is 60.7 Å². The van der Waals surface area contributed by atoms with Gasteiger partial charge in [0.05, 0.1) is 26.9 Å². The Hall–Kier alpha value is -3.65. The Bertz CT molecular complexity index is 1240. The van der Waals surface area contributed by atoms with Gasteiger partial charge in [0.1, 0.15) is 12.7 Å². The van der Waals surface area contributed by atoms with E-state index in [4.69, 9.17) is 37.3 Å². The highest BCUT2D eigenvalue weighted by atomic mass is 31.2. The minimum atomic E-state index is -4.35. The van der Waals surface area contributed by atoms with E-state index >= 15 is 0 Å². The molecule has 0 bridgehead atoms. The molecule has 1 fully saturated rings. The first-order valence-electron chi connectivity index (χ1n) is 13.5. The number of phosphoric ester groups is 1. The van der Waals surface area contributed by atoms with Crippen molar-refractivity contribution in [2.45, 2.75) is 64.7 Å². The maximum atomic E-state index is 13.9. The molecule has 44 heavy (non-hydrogen) atoms. The number of ether oxygens (including phenoxy) is 6. The summed E-state index contributed by atoms with van der Waals surface area (Å²) < 4.78 is 62.9. The molecule has 240 valence electrons. The summed E-state index contributed by atoms with van der Waals surface area (Å²) in [5.41, 5.74) is 1.36. The smallest absolute Gasteiger partial charge is 0.467 e. The lowest BCUT2D eigenvalue weighted by Gasteiger charge is -2.44. The minimum Gasteiger partial charge on any atom is -0.467 e. The van der Waals surface area contributed by atoms with Crippen molar-refractivity contribution in [2.24, 2.45) is 0 Å². The van der Waals surface area contributed by atoms with Gasteiger partial charge in [-0.1, -0.05) is 60.7 Å². The Balaban J connectivity index is 1.90. The number of rotatable bonds is 15. The predicted octanol–water partition coefficient (Wildman–Crippen LogP) is 3.25. The molecule has 0 spiro atoms. The Kier molecular flexibility index (Phi) is 13.5. The number of hydrogen-bond acceptors (Lipinski definition) is 14. The maximum Gasteiger partial charge on any atom is 0.475 e. The number of phosphoric acid groups is 1. The summed E-state index contributed by atoms with van der Waals surface area (Å²) in [4.78, 5) is 48.0. The Morgan fingerprint density at radius 3 is 1.66 bits per heavy atom. The average Bonchev–Trinajstić information content (AvgIpc) is 3.00. The Morgan fingerprint density at radius 1 is 0.705 bits per heavy atom. The summed E-state index contributed by atoms with van der Waals surface area (Å²) >= 11 is 0. The third-order valence-corrected chi connectivity index (χ3v) is 7.31. The van der Waals surface area contributed by atoms with E-state index in [0.29, 0.717) is 11.1 Å². The second kappa shape index (κ2) is 17.0. The first-order chi connectivity index (χ1) is 21.0. The molecule has 14 nitrogen and oxygen atoms in total. The van der Waals surface area contributed by atoms with Crippen molar-refractivity contribution < 1.29 is 65.7 Å². The highest BCUT2D eigenvalue weighted by molar-refractivity contribution is 7.48. The van der Waals surface area contributed by atoms with Gasteiger partial charge in [0.15, 0.2) is 24.6 Å². The second-order valence-corrected chi connectivity index (χ2v) is 11.1. The van der Waals surface area contributed by atoms with E-state index in [2.05, 4.69) is 4.74 Å². The van der Waals surface area contributed by atoms with E-state index < -0.39 is 75.6 Å². The fraction of sp³-hybridized carbons (Fsp3) is 0.448. The molecule has 3 rings (SSSR count). The van der Waals surface area contributed by atoms with Crippen LogP contribution in [0.3, 0.4) is 0 Å². The van der Waals surface area contributed by atoms with Crippen LogP contribution in [0.4, 0.5) is 0 Å². The molecule has 0 aliphatic carbocycles. The van der Waals surface area contributed by atoms with E-state index in [9.17, 15) is 23.7 Å². The number of hydrogen-bond donors (Lipinski definition) is 0. The highest BCUT2D eigenvalue weighted by Crippen LogP contribution is 2.51. The normalized spacial score (nSPS) is 21.6. The fourth-order valence-electron chi connectivity index (χ4n) is 4.06. The van der Waals surface area contributed by atoms with E-state index in [1.54, 1.807) is 48.5 Å². The van der Waals surface area contributed by atoms with E-state index in [1.165, 1.54) is 0 Å². The zero-order valence-electron chi connectivity index (χ0n) is 24.7. The maximum absolute atomic E-state index is 13.9. The van der Waals surface area contributed by atoms with Gasteiger partial charge in [0, 0.05) is 20.8 Å². The lowest BCUT2D eigenvalue weighted by molar-refractivity contribution is -0.306. The molecule has 0 aromatic heterocycles. The summed E-state index contributed by atoms with van der Waals surface area (Å²) in [6.07, 6.45) is -7.32. The largest absolute Gasteiger partial charge is 0.475 e. The van der Waals surface area contributed by atoms with Gasteiger partial charge in [-0.05, 0) is 11.1 Å². The molecule has 1 aliphatic rings. The lowest BCUT2D eigenvalue weighted by Crippen LogP contribution is -2.63. The zero-order chi connectivity index (χ0) is 32.1. The van der Waals surface area contributed by atoms with Gasteiger partial charge in [-0.15, -0.1) is 0 Å². The molecule has 2 unspecified atom stereocenters. The Morgan fingerprint density at radius 2 is 1.18 bits per heavy atom. The first-order valence-corrected chi connectivity index (χ1v) is 14.9. The topological polar surface area (TPSA) is 168 Å². The van der Waals surface area contributed by atoms with Crippen LogP contribution >= 0.6 is 7.82 Å². The Labute approximate surface area is 254 Å². The number of benzene rings is 2. The SMILES string of the molecule is COC(=O)CO[C@H]1OC(COP(=O)(OCc2ccccc2)OCc2ccccc2)[C@@H](OC(C)=O)[C@@H](OC(C)=O)C1OC(C)=O. The summed E-state index contributed by atoms with van der Waals surface area (Å²) in [5, 5.41) is 0. The van der Waals surface area contributed by atoms with E-state index in [-0.39, 0.29) is 13.2 Å². The molecule has 0 amide bonds. The van der Waals surface area contributed by atoms with Gasteiger partial charge in [0.2, 0.25) is 0 Å². The molecule has 5 atom stereocenters. The van der Waals surface area contributed by atoms with Gasteiger partial charge >= 0.3 is 31.7 Å². The van der Waals surface area contributed by atoms with Crippen LogP contribution in [-0.2, 0) is 78.9 Å². The van der Waals surface area contributed by atoms with Crippen molar-refractivity contribution in [1.29, 1.82) is 0 Å². The molecular weight excluding hydrogens is 603 g/mol. The van der Waals surface area contributed by atoms with Crippen LogP contribution in [-0.4, -0.2) is 74.9 Å². The number of carbonyl (C=O) groups excluding carboxylic acids is 4. The van der Waals surface area contributed by atoms with Crippen LogP contribution in [0.5, 0.6) is 0 Å². The van der Waals surface area contributed by atoms with E-state index in [1.807, 2.05) is 12.1 Å². The van der Waals surface area contributed by atoms with Crippen molar-refractivity contribution in [2.75, 3.05) is 20.3 Å². The minimum absolute atomic E-state index is 0.138. The van der Waals surface area contributed by atoms with Gasteiger partial charge in [-0.25, -0.2) is 9.36 Å². The molecule has 1 saturated heterocycles. The number of carbonyl (C=O) groups is 4. The van der Waals surface area contributed by atoms with Crippen molar-refractivity contribution in [3.05, 3.63) is 71.8 Å². The third-order valence-electron chi connectivity index (χ3n) is 5.95. The van der Waals surface area contributed by atoms with Crippen molar-refractivity contribution in [1.82, 2.24) is 0 Å². The van der Waals surface area contributed by atoms with Crippen molar-refractivity contribution in [3.63, 3.8) is 0 Å². The summed E-state index contributed by atoms with van der Waals surface area (Å²) in [7, 11) is -3.21. The molecule has 0 saturated carbocycles. The molecule has 2 aromatic carbocycles. The van der Waals surface area contributed by atoms with Crippen LogP contribution in [0, 0.1) is 0 Å². The van der Waals surface area contributed by atoms with E-state index in [0.717, 1.165) is 27.9 Å². The fourth-order valence-corrected chi connectivity index (χ4v) is 5.23. The molecule has 15 heteroatoms. The molecular formula is C29H35O14P. The van der Waals surface area contributed by atoms with Crippen molar-refractivity contribution in [3.8, 4) is 0 Å². The standard InChI is InChI=1S/C29H35O14P/c1-19(30)40-26-24(43-29(36-18-25(33)35-4)28(42-21(3)32)27(26)41-20(2)31)17-39-44(34,37-15-22-11-7-5-8-12-22)38-16-23-13-9-6-10-14-23/h5-14,24,26-29H,15-18H2,1-4H3/t24?,26-,27-,28?,29+/m1/s1.